The van der Waals surface area contributed by atoms with Crippen molar-refractivity contribution in [1.82, 2.24) is 29.9 Å². The number of fused-ring (bicyclic) bond motifs is 1. The number of hydrogen-bond donors (Lipinski definition) is 1. The smallest absolute Gasteiger partial charge is 0.284 e. The van der Waals surface area contributed by atoms with Gasteiger partial charge in [-0.25, -0.2) is 4.98 Å². The number of benzene rings is 1. The minimum atomic E-state index is -0.425. The molecule has 1 amide bonds. The van der Waals surface area contributed by atoms with Gasteiger partial charge in [0.05, 0.1) is 18.9 Å². The first-order valence-corrected chi connectivity index (χ1v) is 8.99. The molecule has 1 aromatic carbocycles. The first-order valence-electron chi connectivity index (χ1n) is 8.99. The van der Waals surface area contributed by atoms with Crippen molar-refractivity contribution in [3.8, 4) is 11.4 Å². The molecule has 0 aliphatic carbocycles. The van der Waals surface area contributed by atoms with E-state index in [1.54, 1.807) is 25.3 Å². The first-order chi connectivity index (χ1) is 13.7. The van der Waals surface area contributed by atoms with Gasteiger partial charge in [-0.15, -0.1) is 5.10 Å². The molecule has 28 heavy (non-hydrogen) atoms. The molecule has 3 aromatic rings. The summed E-state index contributed by atoms with van der Waals surface area (Å²) in [6.07, 6.45) is 3.31. The van der Waals surface area contributed by atoms with Gasteiger partial charge in [-0.3, -0.25) is 14.2 Å². The molecule has 0 saturated carbocycles. The summed E-state index contributed by atoms with van der Waals surface area (Å²) < 4.78 is 13.4. The number of rotatable bonds is 6. The van der Waals surface area contributed by atoms with Crippen LogP contribution in [0.5, 0.6) is 5.75 Å². The van der Waals surface area contributed by atoms with Gasteiger partial charge in [-0.05, 0) is 25.0 Å². The maximum Gasteiger partial charge on any atom is 0.284 e. The van der Waals surface area contributed by atoms with Gasteiger partial charge < -0.3 is 14.8 Å². The second-order valence-electron chi connectivity index (χ2n) is 6.49. The third kappa shape index (κ3) is 3.58. The number of methoxy groups -OCH3 is 1. The number of carbonyl (C=O) groups excluding carboxylic acids is 1. The van der Waals surface area contributed by atoms with Gasteiger partial charge >= 0.3 is 0 Å². The average molecular weight is 384 g/mol. The van der Waals surface area contributed by atoms with E-state index in [1.807, 2.05) is 6.07 Å². The summed E-state index contributed by atoms with van der Waals surface area (Å²) in [5.74, 6) is 0.372. The van der Waals surface area contributed by atoms with Crippen molar-refractivity contribution in [3.63, 3.8) is 0 Å². The Morgan fingerprint density at radius 1 is 1.43 bits per heavy atom. The Kier molecular flexibility index (Phi) is 5.02. The number of ether oxygens (including phenoxy) is 2. The fourth-order valence-corrected chi connectivity index (χ4v) is 3.12. The molecular formula is C18H20N6O4. The molecular weight excluding hydrogens is 364 g/mol. The third-order valence-electron chi connectivity index (χ3n) is 4.59. The normalized spacial score (nSPS) is 16.4. The lowest BCUT2D eigenvalue weighted by molar-refractivity contribution is -0.122. The molecule has 1 aliphatic heterocycles. The van der Waals surface area contributed by atoms with Gasteiger partial charge in [0.15, 0.2) is 11.2 Å². The monoisotopic (exact) mass is 384 g/mol. The van der Waals surface area contributed by atoms with Crippen LogP contribution in [-0.2, 0) is 16.1 Å². The SMILES string of the molecule is COc1cccc(-n2nnc3c(=O)n(CC(=O)NC[C@@H]4CCCO4)cnc32)c1. The number of nitrogens with zero attached hydrogens (tertiary/aromatic N) is 5. The molecule has 1 N–H and O–H groups in total. The summed E-state index contributed by atoms with van der Waals surface area (Å²) in [7, 11) is 1.57. The molecule has 10 nitrogen and oxygen atoms in total. The molecule has 1 aliphatic rings. The second-order valence-corrected chi connectivity index (χ2v) is 6.49. The van der Waals surface area contributed by atoms with Crippen LogP contribution in [0, 0.1) is 0 Å². The number of aromatic nitrogens is 5. The largest absolute Gasteiger partial charge is 0.497 e. The molecule has 1 saturated heterocycles. The fraction of sp³-hybridized carbons (Fsp3) is 0.389. The van der Waals surface area contributed by atoms with Crippen LogP contribution in [-0.4, -0.2) is 56.8 Å². The van der Waals surface area contributed by atoms with E-state index in [9.17, 15) is 9.59 Å². The predicted octanol–water partition coefficient (Wildman–Crippen LogP) is 0.281. The van der Waals surface area contributed by atoms with Crippen molar-refractivity contribution in [2.45, 2.75) is 25.5 Å². The Balaban J connectivity index is 1.54. The molecule has 4 rings (SSSR count). The molecule has 2 aromatic heterocycles. The minimum absolute atomic E-state index is 0.0454. The van der Waals surface area contributed by atoms with Crippen molar-refractivity contribution < 1.29 is 14.3 Å². The summed E-state index contributed by atoms with van der Waals surface area (Å²) in [5, 5.41) is 10.8. The Hall–Kier alpha value is -3.27. The van der Waals surface area contributed by atoms with E-state index >= 15 is 0 Å². The maximum absolute atomic E-state index is 12.7. The number of nitrogens with one attached hydrogen (secondary N) is 1. The highest BCUT2D eigenvalue weighted by molar-refractivity contribution is 5.76. The van der Waals surface area contributed by atoms with E-state index in [0.717, 1.165) is 19.4 Å². The molecule has 1 fully saturated rings. The van der Waals surface area contributed by atoms with Gasteiger partial charge in [0.2, 0.25) is 5.91 Å². The minimum Gasteiger partial charge on any atom is -0.497 e. The van der Waals surface area contributed by atoms with Gasteiger partial charge in [-0.1, -0.05) is 11.3 Å². The van der Waals surface area contributed by atoms with Crippen molar-refractivity contribution in [2.24, 2.45) is 0 Å². The topological polar surface area (TPSA) is 113 Å². The highest BCUT2D eigenvalue weighted by Gasteiger charge is 2.18. The van der Waals surface area contributed by atoms with Gasteiger partial charge in [0.25, 0.3) is 5.56 Å². The molecule has 3 heterocycles. The molecule has 10 heteroatoms. The lowest BCUT2D eigenvalue weighted by Crippen LogP contribution is -2.36. The van der Waals surface area contributed by atoms with Gasteiger partial charge in [0, 0.05) is 19.2 Å². The Morgan fingerprint density at radius 3 is 3.11 bits per heavy atom. The Labute approximate surface area is 160 Å². The van der Waals surface area contributed by atoms with E-state index < -0.39 is 5.56 Å². The van der Waals surface area contributed by atoms with Crippen LogP contribution in [0.1, 0.15) is 12.8 Å². The van der Waals surface area contributed by atoms with Gasteiger partial charge in [0.1, 0.15) is 18.6 Å². The standard InChI is InChI=1S/C18H20N6O4/c1-27-13-5-2-4-12(8-13)24-17-16(21-22-24)18(26)23(11-20-17)10-15(25)19-9-14-6-3-7-28-14/h2,4-5,8,11,14H,3,6-7,9-10H2,1H3,(H,19,25)/t14-/m0/s1. The third-order valence-corrected chi connectivity index (χ3v) is 4.59. The average Bonchev–Trinajstić information content (AvgIpc) is 3.38. The highest BCUT2D eigenvalue weighted by atomic mass is 16.5. The first kappa shape index (κ1) is 18.1. The van der Waals surface area contributed by atoms with Crippen molar-refractivity contribution in [3.05, 3.63) is 40.9 Å². The summed E-state index contributed by atoms with van der Waals surface area (Å²) in [4.78, 5) is 29.1. The van der Waals surface area contributed by atoms with E-state index in [-0.39, 0.29) is 24.1 Å². The summed E-state index contributed by atoms with van der Waals surface area (Å²) in [5.41, 5.74) is 0.652. The number of carbonyl (C=O) groups is 1. The highest BCUT2D eigenvalue weighted by Crippen LogP contribution is 2.17. The van der Waals surface area contributed by atoms with Crippen LogP contribution in [0.15, 0.2) is 35.4 Å². The van der Waals surface area contributed by atoms with Crippen molar-refractivity contribution in [2.75, 3.05) is 20.3 Å². The molecule has 0 bridgehead atoms. The Bertz CT molecular complexity index is 1050. The van der Waals surface area contributed by atoms with E-state index in [2.05, 4.69) is 20.6 Å². The van der Waals surface area contributed by atoms with E-state index in [4.69, 9.17) is 9.47 Å². The lowest BCUT2D eigenvalue weighted by atomic mass is 10.2. The maximum atomic E-state index is 12.7. The van der Waals surface area contributed by atoms with Crippen molar-refractivity contribution >= 4 is 17.1 Å². The predicted molar refractivity (Wildman–Crippen MR) is 99.5 cm³/mol. The number of hydrogen-bond acceptors (Lipinski definition) is 7. The van der Waals surface area contributed by atoms with Crippen LogP contribution in [0.4, 0.5) is 0 Å². The van der Waals surface area contributed by atoms with Gasteiger partial charge in [-0.2, -0.15) is 4.68 Å². The second kappa shape index (κ2) is 7.77. The Morgan fingerprint density at radius 2 is 2.32 bits per heavy atom. The molecule has 0 radical (unpaired) electrons. The fourth-order valence-electron chi connectivity index (χ4n) is 3.12. The van der Waals surface area contributed by atoms with Crippen LogP contribution in [0.25, 0.3) is 16.9 Å². The number of amides is 1. The molecule has 0 unspecified atom stereocenters. The summed E-state index contributed by atoms with van der Waals surface area (Å²) in [6, 6.07) is 7.18. The zero-order chi connectivity index (χ0) is 19.5. The van der Waals surface area contributed by atoms with Crippen LogP contribution in [0.2, 0.25) is 0 Å². The zero-order valence-corrected chi connectivity index (χ0v) is 15.4. The van der Waals surface area contributed by atoms with E-state index in [0.29, 0.717) is 23.6 Å². The molecule has 1 atom stereocenters. The van der Waals surface area contributed by atoms with Crippen LogP contribution in [0.3, 0.4) is 0 Å². The zero-order valence-electron chi connectivity index (χ0n) is 15.4. The summed E-state index contributed by atoms with van der Waals surface area (Å²) >= 11 is 0. The van der Waals surface area contributed by atoms with Crippen LogP contribution >= 0.6 is 0 Å². The summed E-state index contributed by atoms with van der Waals surface area (Å²) in [6.45, 7) is 1.03. The quantitative estimate of drug-likeness (QED) is 0.649. The molecule has 146 valence electrons. The lowest BCUT2D eigenvalue weighted by Gasteiger charge is -2.11. The van der Waals surface area contributed by atoms with Crippen LogP contribution < -0.4 is 15.6 Å². The molecule has 0 spiro atoms. The van der Waals surface area contributed by atoms with Crippen molar-refractivity contribution in [1.29, 1.82) is 0 Å². The van der Waals surface area contributed by atoms with E-state index in [1.165, 1.54) is 15.6 Å².